The maximum absolute atomic E-state index is 13.3. The van der Waals surface area contributed by atoms with Crippen molar-refractivity contribution in [3.05, 3.63) is 11.9 Å². The Labute approximate surface area is 105 Å². The van der Waals surface area contributed by atoms with Crippen LogP contribution >= 0.6 is 0 Å². The average Bonchev–Trinajstić information content (AvgIpc) is 2.24. The summed E-state index contributed by atoms with van der Waals surface area (Å²) in [6, 6.07) is 0. The smallest absolute Gasteiger partial charge is 0.331 e. The highest BCUT2D eigenvalue weighted by molar-refractivity contribution is 6.06. The van der Waals surface area contributed by atoms with Crippen LogP contribution in [-0.4, -0.2) is 34.8 Å². The van der Waals surface area contributed by atoms with Crippen LogP contribution in [0.1, 0.15) is 26.7 Å². The maximum atomic E-state index is 13.3. The molecule has 7 heteroatoms. The Morgan fingerprint density at radius 3 is 2.39 bits per heavy atom. The van der Waals surface area contributed by atoms with Crippen LogP contribution in [0.25, 0.3) is 0 Å². The summed E-state index contributed by atoms with van der Waals surface area (Å²) >= 11 is 0. The van der Waals surface area contributed by atoms with Gasteiger partial charge in [-0.05, 0) is 19.9 Å². The summed E-state index contributed by atoms with van der Waals surface area (Å²) in [4.78, 5) is 25.7. The largest absolute Gasteiger partial charge is 0.480 e. The van der Waals surface area contributed by atoms with E-state index in [1.54, 1.807) is 6.92 Å². The Hall–Kier alpha value is -1.76. The van der Waals surface area contributed by atoms with E-state index in [1.807, 2.05) is 0 Å². The molecule has 0 aromatic carbocycles. The van der Waals surface area contributed by atoms with Gasteiger partial charge in [0.05, 0.1) is 11.7 Å². The Balaban J connectivity index is 4.55. The predicted octanol–water partition coefficient (Wildman–Crippen LogP) is 0.368. The van der Waals surface area contributed by atoms with Gasteiger partial charge in [0.15, 0.2) is 11.3 Å². The fourth-order valence-electron chi connectivity index (χ4n) is 1.09. The van der Waals surface area contributed by atoms with Gasteiger partial charge in [0.2, 0.25) is 0 Å². The van der Waals surface area contributed by atoms with Gasteiger partial charge in [0.1, 0.15) is 0 Å². The Bertz CT molecular complexity index is 373. The first-order chi connectivity index (χ1) is 8.20. The lowest BCUT2D eigenvalue weighted by molar-refractivity contribution is -0.147. The standard InChI is InChI=1S/C11H18FN3O3/c1-7(16)11(14,10(17)18)5-3-9(12)4-6-15-8(2)13/h3H,4-6,14H2,1-2H3,(H2,13,15)(H,17,18)/b9-3+/t11-/m0/s1. The van der Waals surface area contributed by atoms with Crippen molar-refractivity contribution in [1.29, 1.82) is 0 Å². The van der Waals surface area contributed by atoms with Gasteiger partial charge in [-0.25, -0.2) is 9.18 Å². The lowest BCUT2D eigenvalue weighted by Gasteiger charge is -2.19. The van der Waals surface area contributed by atoms with Crippen molar-refractivity contribution in [2.75, 3.05) is 6.54 Å². The van der Waals surface area contributed by atoms with E-state index in [4.69, 9.17) is 16.6 Å². The number of hydrogen-bond donors (Lipinski definition) is 3. The molecule has 0 aliphatic heterocycles. The number of aliphatic carboxylic acids is 1. The number of carbonyl (C=O) groups excluding carboxylic acids is 1. The van der Waals surface area contributed by atoms with E-state index >= 15 is 0 Å². The highest BCUT2D eigenvalue weighted by atomic mass is 19.1. The van der Waals surface area contributed by atoms with E-state index in [2.05, 4.69) is 4.99 Å². The molecule has 0 aromatic rings. The molecular formula is C11H18FN3O3. The summed E-state index contributed by atoms with van der Waals surface area (Å²) in [5.74, 6) is -2.44. The summed E-state index contributed by atoms with van der Waals surface area (Å²) in [5.41, 5.74) is 8.59. The molecule has 0 heterocycles. The van der Waals surface area contributed by atoms with Crippen LogP contribution in [0.4, 0.5) is 4.39 Å². The second-order valence-electron chi connectivity index (χ2n) is 3.96. The minimum atomic E-state index is -2.08. The molecule has 0 spiro atoms. The zero-order valence-electron chi connectivity index (χ0n) is 10.4. The van der Waals surface area contributed by atoms with Gasteiger partial charge in [-0.2, -0.15) is 0 Å². The molecule has 102 valence electrons. The lowest BCUT2D eigenvalue weighted by Crippen LogP contribution is -2.53. The number of carboxylic acids is 1. The topological polar surface area (TPSA) is 119 Å². The van der Waals surface area contributed by atoms with Crippen LogP contribution < -0.4 is 11.5 Å². The van der Waals surface area contributed by atoms with Crippen LogP contribution in [0, 0.1) is 0 Å². The molecule has 0 aliphatic rings. The molecule has 0 saturated carbocycles. The van der Waals surface area contributed by atoms with Crippen LogP contribution in [-0.2, 0) is 9.59 Å². The van der Waals surface area contributed by atoms with Crippen molar-refractivity contribution in [3.8, 4) is 0 Å². The second kappa shape index (κ2) is 6.85. The minimum absolute atomic E-state index is 0.0118. The van der Waals surface area contributed by atoms with Gasteiger partial charge in [0.25, 0.3) is 0 Å². The first-order valence-corrected chi connectivity index (χ1v) is 5.34. The van der Waals surface area contributed by atoms with Crippen molar-refractivity contribution in [1.82, 2.24) is 0 Å². The molecule has 1 atom stereocenters. The molecular weight excluding hydrogens is 241 g/mol. The van der Waals surface area contributed by atoms with Crippen LogP contribution in [0.2, 0.25) is 0 Å². The van der Waals surface area contributed by atoms with Gasteiger partial charge in [0, 0.05) is 19.4 Å². The number of ketones is 1. The van der Waals surface area contributed by atoms with E-state index in [1.165, 1.54) is 0 Å². The van der Waals surface area contributed by atoms with Gasteiger partial charge in [-0.15, -0.1) is 0 Å². The summed E-state index contributed by atoms with van der Waals surface area (Å²) in [5, 5.41) is 8.83. The number of nitrogens with two attached hydrogens (primary N) is 2. The fourth-order valence-corrected chi connectivity index (χ4v) is 1.09. The third kappa shape index (κ3) is 5.05. The number of hydrogen-bond acceptors (Lipinski definition) is 4. The van der Waals surface area contributed by atoms with Crippen molar-refractivity contribution >= 4 is 17.6 Å². The van der Waals surface area contributed by atoms with Gasteiger partial charge >= 0.3 is 5.97 Å². The molecule has 5 N–H and O–H groups in total. The molecule has 0 amide bonds. The SMILES string of the molecule is CC(=O)[C@@](N)(C/C=C(/F)CCN=C(C)N)C(=O)O. The monoisotopic (exact) mass is 259 g/mol. The number of carbonyl (C=O) groups is 2. The quantitative estimate of drug-likeness (QED) is 0.346. The highest BCUT2D eigenvalue weighted by Crippen LogP contribution is 2.14. The number of carboxylic acid groups (broad SMARTS) is 1. The molecule has 0 radical (unpaired) electrons. The van der Waals surface area contributed by atoms with Gasteiger partial charge < -0.3 is 16.6 Å². The lowest BCUT2D eigenvalue weighted by atomic mass is 9.92. The van der Waals surface area contributed by atoms with Gasteiger partial charge in [-0.1, -0.05) is 0 Å². The third-order valence-corrected chi connectivity index (χ3v) is 2.37. The summed E-state index contributed by atoms with van der Waals surface area (Å²) in [6.07, 6.45) is 0.591. The number of rotatable bonds is 7. The Morgan fingerprint density at radius 1 is 1.44 bits per heavy atom. The number of halogens is 1. The van der Waals surface area contributed by atoms with Gasteiger partial charge in [-0.3, -0.25) is 9.79 Å². The first-order valence-electron chi connectivity index (χ1n) is 5.34. The maximum Gasteiger partial charge on any atom is 0.331 e. The van der Waals surface area contributed by atoms with E-state index in [0.29, 0.717) is 5.84 Å². The summed E-state index contributed by atoms with van der Waals surface area (Å²) < 4.78 is 13.3. The zero-order chi connectivity index (χ0) is 14.3. The van der Waals surface area contributed by atoms with E-state index in [0.717, 1.165) is 13.0 Å². The second-order valence-corrected chi connectivity index (χ2v) is 3.96. The number of Topliss-reactive ketones (excluding diaryl/α,β-unsaturated/α-hetero) is 1. The third-order valence-electron chi connectivity index (χ3n) is 2.37. The van der Waals surface area contributed by atoms with E-state index < -0.39 is 29.5 Å². The zero-order valence-corrected chi connectivity index (χ0v) is 10.4. The van der Waals surface area contributed by atoms with E-state index in [9.17, 15) is 14.0 Å². The molecule has 0 bridgehead atoms. The molecule has 0 unspecified atom stereocenters. The van der Waals surface area contributed by atoms with Crippen LogP contribution in [0.15, 0.2) is 16.9 Å². The fraction of sp³-hybridized carbons (Fsp3) is 0.545. The predicted molar refractivity (Wildman–Crippen MR) is 65.8 cm³/mol. The van der Waals surface area contributed by atoms with Crippen molar-refractivity contribution in [2.24, 2.45) is 16.5 Å². The summed E-state index contributed by atoms with van der Waals surface area (Å²) in [6.45, 7) is 2.80. The van der Waals surface area contributed by atoms with Crippen molar-refractivity contribution in [3.63, 3.8) is 0 Å². The number of amidine groups is 1. The molecule has 0 rings (SSSR count). The van der Waals surface area contributed by atoms with Crippen LogP contribution in [0.3, 0.4) is 0 Å². The molecule has 0 fully saturated rings. The molecule has 0 saturated heterocycles. The van der Waals surface area contributed by atoms with E-state index in [-0.39, 0.29) is 13.0 Å². The Morgan fingerprint density at radius 2 is 2.00 bits per heavy atom. The molecule has 18 heavy (non-hydrogen) atoms. The summed E-state index contributed by atoms with van der Waals surface area (Å²) in [7, 11) is 0. The normalized spacial score (nSPS) is 16.2. The Kier molecular flexibility index (Phi) is 6.18. The van der Waals surface area contributed by atoms with Crippen molar-refractivity contribution < 1.29 is 19.1 Å². The molecule has 6 nitrogen and oxygen atoms in total. The van der Waals surface area contributed by atoms with Crippen molar-refractivity contribution in [2.45, 2.75) is 32.2 Å². The minimum Gasteiger partial charge on any atom is -0.480 e. The molecule has 0 aromatic heterocycles. The molecule has 0 aliphatic carbocycles. The number of nitrogens with zero attached hydrogens (tertiary/aromatic N) is 1. The average molecular weight is 259 g/mol. The first kappa shape index (κ1) is 16.2. The highest BCUT2D eigenvalue weighted by Gasteiger charge is 2.38. The van der Waals surface area contributed by atoms with Crippen LogP contribution in [0.5, 0.6) is 0 Å². The number of aliphatic imine (C=N–C) groups is 1.